The highest BCUT2D eigenvalue weighted by molar-refractivity contribution is 7.97. The van der Waals surface area contributed by atoms with Crippen LogP contribution in [-0.4, -0.2) is 45.4 Å². The van der Waals surface area contributed by atoms with Crippen LogP contribution in [-0.2, 0) is 14.8 Å². The Labute approximate surface area is 155 Å². The third-order valence-electron chi connectivity index (χ3n) is 3.78. The molecule has 0 amide bonds. The molecule has 0 saturated carbocycles. The average Bonchev–Trinajstić information content (AvgIpc) is 2.59. The molecule has 0 fully saturated rings. The Hall–Kier alpha value is -2.17. The topological polar surface area (TPSA) is 116 Å². The summed E-state index contributed by atoms with van der Waals surface area (Å²) in [6, 6.07) is 8.81. The number of carboxylic acids is 1. The molecule has 0 aromatic heterocycles. The van der Waals surface area contributed by atoms with E-state index in [4.69, 9.17) is 0 Å². The predicted octanol–water partition coefficient (Wildman–Crippen LogP) is 2.44. The van der Waals surface area contributed by atoms with Crippen LogP contribution in [0.2, 0.25) is 0 Å². The first-order valence-electron chi connectivity index (χ1n) is 7.66. The number of sulfonamides is 1. The van der Waals surface area contributed by atoms with E-state index in [2.05, 4.69) is 9.30 Å². The number of fused-ring (bicyclic) bond motifs is 1. The van der Waals surface area contributed by atoms with Crippen molar-refractivity contribution < 1.29 is 18.3 Å². The summed E-state index contributed by atoms with van der Waals surface area (Å²) >= 11 is 0.649. The normalized spacial score (nSPS) is 12.7. The number of hydrogen-bond donors (Lipinski definition) is 2. The van der Waals surface area contributed by atoms with E-state index < -0.39 is 22.0 Å². The molecule has 0 unspecified atom stereocenters. The molecule has 26 heavy (non-hydrogen) atoms. The molecule has 0 aliphatic heterocycles. The molecule has 140 valence electrons. The largest absolute Gasteiger partial charge is 0.480 e. The van der Waals surface area contributed by atoms with Crippen molar-refractivity contribution in [3.05, 3.63) is 41.3 Å². The van der Waals surface area contributed by atoms with E-state index in [-0.39, 0.29) is 17.1 Å². The smallest absolute Gasteiger partial charge is 0.321 e. The van der Waals surface area contributed by atoms with E-state index in [0.29, 0.717) is 17.3 Å². The zero-order chi connectivity index (χ0) is 19.3. The minimum atomic E-state index is -4.08. The lowest BCUT2D eigenvalue weighted by Crippen LogP contribution is -2.41. The monoisotopic (exact) mass is 397 g/mol. The third kappa shape index (κ3) is 4.51. The van der Waals surface area contributed by atoms with Gasteiger partial charge in [0, 0.05) is 52.8 Å². The summed E-state index contributed by atoms with van der Waals surface area (Å²) in [6.45, 7) is 0. The molecule has 10 heteroatoms. The lowest BCUT2D eigenvalue weighted by Gasteiger charge is -2.18. The lowest BCUT2D eigenvalue weighted by atomic mass is 10.1. The molecule has 0 aliphatic carbocycles. The van der Waals surface area contributed by atoms with Gasteiger partial charge in [0.05, 0.1) is 4.90 Å². The first kappa shape index (κ1) is 20.1. The zero-order valence-electron chi connectivity index (χ0n) is 14.2. The molecule has 2 aromatic carbocycles. The van der Waals surface area contributed by atoms with E-state index in [0.717, 1.165) is 11.1 Å². The molecule has 1 atom stereocenters. The highest BCUT2D eigenvalue weighted by atomic mass is 32.2. The van der Waals surface area contributed by atoms with Crippen molar-refractivity contribution in [3.63, 3.8) is 0 Å². The maximum Gasteiger partial charge on any atom is 0.321 e. The number of carbonyl (C=O) groups is 1. The SMILES string of the molecule is CN(C)c1cccc2c(S(=O)(=O)N[C@@H](CCSN=O)C(=O)O)cccc12. The summed E-state index contributed by atoms with van der Waals surface area (Å²) in [5.41, 5.74) is 0.850. The fourth-order valence-corrected chi connectivity index (χ4v) is 4.44. The van der Waals surface area contributed by atoms with E-state index >= 15 is 0 Å². The fourth-order valence-electron chi connectivity index (χ4n) is 2.58. The van der Waals surface area contributed by atoms with Gasteiger partial charge in [-0.2, -0.15) is 4.72 Å². The number of carboxylic acid groups (broad SMARTS) is 1. The molecule has 0 radical (unpaired) electrons. The quantitative estimate of drug-likeness (QED) is 0.379. The molecular formula is C16H19N3O5S2. The molecule has 2 rings (SSSR count). The second kappa shape index (κ2) is 8.47. The van der Waals surface area contributed by atoms with Crippen LogP contribution >= 0.6 is 11.9 Å². The second-order valence-corrected chi connectivity index (χ2v) is 8.23. The fraction of sp³-hybridized carbons (Fsp3) is 0.312. The van der Waals surface area contributed by atoms with E-state index in [1.165, 1.54) is 6.07 Å². The molecule has 2 N–H and O–H groups in total. The second-order valence-electron chi connectivity index (χ2n) is 5.73. The lowest BCUT2D eigenvalue weighted by molar-refractivity contribution is -0.139. The highest BCUT2D eigenvalue weighted by Gasteiger charge is 2.26. The maximum atomic E-state index is 12.8. The number of aliphatic carboxylic acids is 1. The molecule has 8 nitrogen and oxygen atoms in total. The molecule has 0 aliphatic rings. The van der Waals surface area contributed by atoms with Crippen LogP contribution in [0.3, 0.4) is 0 Å². The van der Waals surface area contributed by atoms with Gasteiger partial charge < -0.3 is 10.0 Å². The number of nitroso groups, excluding NO2 is 1. The van der Waals surface area contributed by atoms with Crippen LogP contribution in [0, 0.1) is 4.91 Å². The number of nitrogens with zero attached hydrogens (tertiary/aromatic N) is 2. The van der Waals surface area contributed by atoms with Crippen LogP contribution in [0.15, 0.2) is 45.9 Å². The van der Waals surface area contributed by atoms with Gasteiger partial charge in [-0.15, -0.1) is 4.91 Å². The molecule has 0 saturated heterocycles. The van der Waals surface area contributed by atoms with Crippen molar-refractivity contribution in [2.24, 2.45) is 4.58 Å². The maximum absolute atomic E-state index is 12.8. The van der Waals surface area contributed by atoms with Crippen molar-refractivity contribution >= 4 is 44.4 Å². The van der Waals surface area contributed by atoms with Crippen molar-refractivity contribution in [1.82, 2.24) is 4.72 Å². The minimum Gasteiger partial charge on any atom is -0.480 e. The van der Waals surface area contributed by atoms with Crippen LogP contribution in [0.4, 0.5) is 5.69 Å². The Kier molecular flexibility index (Phi) is 6.57. The minimum absolute atomic E-state index is 0.00566. The summed E-state index contributed by atoms with van der Waals surface area (Å²) in [7, 11) is -0.369. The van der Waals surface area contributed by atoms with Crippen molar-refractivity contribution in [1.29, 1.82) is 0 Å². The predicted molar refractivity (Wildman–Crippen MR) is 103 cm³/mol. The Bertz CT molecular complexity index is 915. The molecule has 0 spiro atoms. The van der Waals surface area contributed by atoms with Crippen LogP contribution in [0.5, 0.6) is 0 Å². The number of rotatable bonds is 9. The summed E-state index contributed by atoms with van der Waals surface area (Å²) in [5, 5.41) is 10.5. The first-order valence-corrected chi connectivity index (χ1v) is 10.1. The van der Waals surface area contributed by atoms with E-state index in [9.17, 15) is 23.2 Å². The van der Waals surface area contributed by atoms with Crippen LogP contribution in [0.1, 0.15) is 6.42 Å². The van der Waals surface area contributed by atoms with Gasteiger partial charge >= 0.3 is 5.97 Å². The summed E-state index contributed by atoms with van der Waals surface area (Å²) in [6.07, 6.45) is -0.0569. The van der Waals surface area contributed by atoms with Gasteiger partial charge in [0.25, 0.3) is 0 Å². The van der Waals surface area contributed by atoms with Gasteiger partial charge in [0.2, 0.25) is 10.0 Å². The van der Waals surface area contributed by atoms with E-state index in [1.54, 1.807) is 18.2 Å². The number of anilines is 1. The van der Waals surface area contributed by atoms with Gasteiger partial charge in [0.1, 0.15) is 6.04 Å². The van der Waals surface area contributed by atoms with Gasteiger partial charge in [-0.1, -0.05) is 24.3 Å². The Morgan fingerprint density at radius 1 is 1.23 bits per heavy atom. The molecule has 0 bridgehead atoms. The van der Waals surface area contributed by atoms with Gasteiger partial charge in [-0.25, -0.2) is 8.42 Å². The molecule has 0 heterocycles. The average molecular weight is 397 g/mol. The van der Waals surface area contributed by atoms with Gasteiger partial charge in [0.15, 0.2) is 0 Å². The van der Waals surface area contributed by atoms with Crippen LogP contribution < -0.4 is 9.62 Å². The Morgan fingerprint density at radius 3 is 2.50 bits per heavy atom. The van der Waals surface area contributed by atoms with Gasteiger partial charge in [-0.05, 0) is 18.6 Å². The number of benzene rings is 2. The summed E-state index contributed by atoms with van der Waals surface area (Å²) in [5.74, 6) is -1.21. The van der Waals surface area contributed by atoms with E-state index in [1.807, 2.05) is 31.1 Å². The molecule has 2 aromatic rings. The molecular weight excluding hydrogens is 378 g/mol. The van der Waals surface area contributed by atoms with Crippen molar-refractivity contribution in [3.8, 4) is 0 Å². The standard InChI is InChI=1S/C16H19N3O5S2/c1-19(2)14-7-3-6-12-11(14)5-4-8-15(12)26(23,24)17-13(16(20)21)9-10-25-18-22/h3-8,13,17H,9-10H2,1-2H3,(H,20,21)/t13-/m0/s1. The highest BCUT2D eigenvalue weighted by Crippen LogP contribution is 2.30. The summed E-state index contributed by atoms with van der Waals surface area (Å²) < 4.78 is 30.4. The zero-order valence-corrected chi connectivity index (χ0v) is 15.9. The van der Waals surface area contributed by atoms with Crippen molar-refractivity contribution in [2.45, 2.75) is 17.4 Å². The van der Waals surface area contributed by atoms with Crippen LogP contribution in [0.25, 0.3) is 10.8 Å². The summed E-state index contributed by atoms with van der Waals surface area (Å²) in [4.78, 5) is 23.4. The van der Waals surface area contributed by atoms with Gasteiger partial charge in [-0.3, -0.25) is 4.79 Å². The number of hydrogen-bond acceptors (Lipinski definition) is 7. The number of nitrogens with one attached hydrogen (secondary N) is 1. The van der Waals surface area contributed by atoms with Crippen molar-refractivity contribution in [2.75, 3.05) is 24.7 Å². The Morgan fingerprint density at radius 2 is 1.88 bits per heavy atom. The first-order chi connectivity index (χ1) is 12.3. The Balaban J connectivity index is 2.44. The third-order valence-corrected chi connectivity index (χ3v) is 5.83.